The monoisotopic (exact) mass is 510 g/mol. The quantitative estimate of drug-likeness (QED) is 0.231. The smallest absolute Gasteiger partial charge is 0.225 e. The molecule has 1 aromatic carbocycles. The zero-order valence-electron chi connectivity index (χ0n) is 17.4. The Morgan fingerprint density at radius 3 is 2.83 bits per heavy atom. The highest BCUT2D eigenvalue weighted by atomic mass is 127. The van der Waals surface area contributed by atoms with Crippen LogP contribution in [0.25, 0.3) is 0 Å². The average Bonchev–Trinajstić information content (AvgIpc) is 2.99. The van der Waals surface area contributed by atoms with Gasteiger partial charge >= 0.3 is 0 Å². The van der Waals surface area contributed by atoms with Gasteiger partial charge in [-0.3, -0.25) is 14.5 Å². The van der Waals surface area contributed by atoms with Gasteiger partial charge in [0.1, 0.15) is 0 Å². The number of aryl methyl sites for hydroxylation is 3. The van der Waals surface area contributed by atoms with Gasteiger partial charge in [-0.15, -0.1) is 24.0 Å². The van der Waals surface area contributed by atoms with Crippen molar-refractivity contribution in [2.45, 2.75) is 46.1 Å². The molecule has 1 aliphatic rings. The highest BCUT2D eigenvalue weighted by molar-refractivity contribution is 14.0. The summed E-state index contributed by atoms with van der Waals surface area (Å²) in [7, 11) is 0. The van der Waals surface area contributed by atoms with Crippen molar-refractivity contribution >= 4 is 41.5 Å². The molecule has 2 heterocycles. The Balaban J connectivity index is 0.00000300. The molecule has 7 nitrogen and oxygen atoms in total. The number of rotatable bonds is 7. The van der Waals surface area contributed by atoms with Gasteiger partial charge < -0.3 is 16.0 Å². The third-order valence-corrected chi connectivity index (χ3v) is 4.86. The van der Waals surface area contributed by atoms with Gasteiger partial charge in [0.15, 0.2) is 5.96 Å². The number of aliphatic imine (C=N–C) groups is 1. The van der Waals surface area contributed by atoms with Crippen LogP contribution in [-0.4, -0.2) is 41.3 Å². The summed E-state index contributed by atoms with van der Waals surface area (Å²) in [5, 5.41) is 14.1. The van der Waals surface area contributed by atoms with Crippen molar-refractivity contribution in [1.29, 1.82) is 0 Å². The van der Waals surface area contributed by atoms with Crippen LogP contribution in [0.15, 0.2) is 35.3 Å². The van der Waals surface area contributed by atoms with Crippen LogP contribution in [0.4, 0.5) is 5.69 Å². The van der Waals surface area contributed by atoms with E-state index in [4.69, 9.17) is 4.99 Å². The lowest BCUT2D eigenvalue weighted by atomic mass is 9.91. The molecule has 0 saturated carbocycles. The Hall–Kier alpha value is -2.10. The molecule has 1 aromatic heterocycles. The molecule has 1 aliphatic heterocycles. The van der Waals surface area contributed by atoms with Crippen molar-refractivity contribution in [3.8, 4) is 0 Å². The predicted molar refractivity (Wildman–Crippen MR) is 128 cm³/mol. The maximum absolute atomic E-state index is 12.0. The minimum atomic E-state index is 0. The number of hydrogen-bond donors (Lipinski definition) is 3. The van der Waals surface area contributed by atoms with E-state index in [1.54, 1.807) is 0 Å². The number of nitrogens with zero attached hydrogens (tertiary/aromatic N) is 3. The molecule has 3 N–H and O–H groups in total. The van der Waals surface area contributed by atoms with Gasteiger partial charge in [0, 0.05) is 43.4 Å². The number of benzene rings is 1. The highest BCUT2D eigenvalue weighted by Gasteiger charge is 2.24. The molecule has 1 atom stereocenters. The maximum atomic E-state index is 12.0. The summed E-state index contributed by atoms with van der Waals surface area (Å²) >= 11 is 0. The van der Waals surface area contributed by atoms with Crippen LogP contribution in [0.1, 0.15) is 42.6 Å². The lowest BCUT2D eigenvalue weighted by Crippen LogP contribution is -2.38. The third-order valence-electron chi connectivity index (χ3n) is 4.86. The van der Waals surface area contributed by atoms with E-state index in [1.807, 2.05) is 29.8 Å². The fourth-order valence-corrected chi connectivity index (χ4v) is 3.54. The van der Waals surface area contributed by atoms with Gasteiger partial charge in [-0.1, -0.05) is 18.2 Å². The number of carbonyl (C=O) groups is 1. The van der Waals surface area contributed by atoms with E-state index >= 15 is 0 Å². The molecule has 8 heteroatoms. The predicted octanol–water partition coefficient (Wildman–Crippen LogP) is 3.19. The van der Waals surface area contributed by atoms with Crippen molar-refractivity contribution in [2.24, 2.45) is 4.99 Å². The Kier molecular flexibility index (Phi) is 8.94. The second-order valence-corrected chi connectivity index (χ2v) is 7.19. The number of nitrogens with one attached hydrogen (secondary N) is 3. The fraction of sp³-hybridized carbons (Fsp3) is 0.476. The highest BCUT2D eigenvalue weighted by Crippen LogP contribution is 2.31. The first-order valence-corrected chi connectivity index (χ1v) is 9.99. The topological polar surface area (TPSA) is 83.3 Å². The van der Waals surface area contributed by atoms with Gasteiger partial charge in [0.2, 0.25) is 5.91 Å². The second-order valence-electron chi connectivity index (χ2n) is 7.19. The molecular weight excluding hydrogens is 479 g/mol. The van der Waals surface area contributed by atoms with E-state index in [1.165, 1.54) is 5.69 Å². The Bertz CT molecular complexity index is 847. The summed E-state index contributed by atoms with van der Waals surface area (Å²) in [6.45, 7) is 9.21. The number of aromatic nitrogens is 2. The van der Waals surface area contributed by atoms with Crippen LogP contribution in [0, 0.1) is 13.8 Å². The van der Waals surface area contributed by atoms with Crippen LogP contribution < -0.4 is 16.0 Å². The molecule has 0 aliphatic carbocycles. The van der Waals surface area contributed by atoms with Crippen LogP contribution in [0.5, 0.6) is 0 Å². The molecular formula is C21H31IN6O. The first-order valence-electron chi connectivity index (χ1n) is 9.99. The second kappa shape index (κ2) is 11.2. The van der Waals surface area contributed by atoms with Gasteiger partial charge in [-0.2, -0.15) is 5.10 Å². The molecule has 158 valence electrons. The van der Waals surface area contributed by atoms with Crippen molar-refractivity contribution in [3.63, 3.8) is 0 Å². The minimum Gasteiger partial charge on any atom is -0.357 e. The van der Waals surface area contributed by atoms with E-state index < -0.39 is 0 Å². The zero-order valence-corrected chi connectivity index (χ0v) is 19.7. The van der Waals surface area contributed by atoms with Crippen LogP contribution >= 0.6 is 24.0 Å². The standard InChI is InChI=1S/C21H30N6O.HI/c1-4-22-21(23-10-7-11-27-16(3)12-15(2)26-27)24-14-17-13-20(28)25-19-9-6-5-8-18(17)19;/h5-6,8-9,12,17H,4,7,10-11,13-14H2,1-3H3,(H,25,28)(H2,22,23,24);1H. The third kappa shape index (κ3) is 6.45. The van der Waals surface area contributed by atoms with Crippen LogP contribution in [-0.2, 0) is 11.3 Å². The van der Waals surface area contributed by atoms with Crippen LogP contribution in [0.3, 0.4) is 0 Å². The molecule has 2 aromatic rings. The van der Waals surface area contributed by atoms with Gasteiger partial charge in [0.05, 0.1) is 12.2 Å². The van der Waals surface area contributed by atoms with Gasteiger partial charge in [0.25, 0.3) is 0 Å². The largest absolute Gasteiger partial charge is 0.357 e. The molecule has 0 bridgehead atoms. The summed E-state index contributed by atoms with van der Waals surface area (Å²) in [6, 6.07) is 10.1. The lowest BCUT2D eigenvalue weighted by molar-refractivity contribution is -0.116. The van der Waals surface area contributed by atoms with E-state index in [9.17, 15) is 4.79 Å². The summed E-state index contributed by atoms with van der Waals surface area (Å²) in [4.78, 5) is 16.7. The molecule has 0 saturated heterocycles. The molecule has 3 rings (SSSR count). The van der Waals surface area contributed by atoms with Crippen molar-refractivity contribution < 1.29 is 4.79 Å². The number of anilines is 1. The fourth-order valence-electron chi connectivity index (χ4n) is 3.54. The molecule has 29 heavy (non-hydrogen) atoms. The molecule has 0 fully saturated rings. The first-order chi connectivity index (χ1) is 13.6. The lowest BCUT2D eigenvalue weighted by Gasteiger charge is -2.24. The molecule has 1 amide bonds. The minimum absolute atomic E-state index is 0. The number of carbonyl (C=O) groups excluding carboxylic acids is 1. The van der Waals surface area contributed by atoms with Crippen molar-refractivity contribution in [2.75, 3.05) is 25.0 Å². The molecule has 0 spiro atoms. The van der Waals surface area contributed by atoms with Gasteiger partial charge in [-0.05, 0) is 44.9 Å². The number of amides is 1. The summed E-state index contributed by atoms with van der Waals surface area (Å²) in [6.07, 6.45) is 1.43. The summed E-state index contributed by atoms with van der Waals surface area (Å²) in [5.74, 6) is 0.955. The number of fused-ring (bicyclic) bond motifs is 1. The summed E-state index contributed by atoms with van der Waals surface area (Å²) in [5.41, 5.74) is 4.30. The van der Waals surface area contributed by atoms with E-state index in [2.05, 4.69) is 47.0 Å². The summed E-state index contributed by atoms with van der Waals surface area (Å²) < 4.78 is 2.04. The zero-order chi connectivity index (χ0) is 19.9. The van der Waals surface area contributed by atoms with E-state index in [0.717, 1.165) is 49.0 Å². The number of hydrogen-bond acceptors (Lipinski definition) is 3. The normalized spacial score (nSPS) is 15.9. The van der Waals surface area contributed by atoms with E-state index in [-0.39, 0.29) is 35.8 Å². The maximum Gasteiger partial charge on any atom is 0.225 e. The molecule has 1 unspecified atom stereocenters. The Morgan fingerprint density at radius 1 is 1.31 bits per heavy atom. The number of para-hydroxylation sites is 1. The number of guanidine groups is 1. The Labute approximate surface area is 189 Å². The van der Waals surface area contributed by atoms with Gasteiger partial charge in [-0.25, -0.2) is 0 Å². The number of halogens is 1. The average molecular weight is 510 g/mol. The van der Waals surface area contributed by atoms with Crippen molar-refractivity contribution in [3.05, 3.63) is 47.3 Å². The Morgan fingerprint density at radius 2 is 2.10 bits per heavy atom. The van der Waals surface area contributed by atoms with E-state index in [0.29, 0.717) is 13.0 Å². The van der Waals surface area contributed by atoms with Crippen molar-refractivity contribution in [1.82, 2.24) is 20.4 Å². The van der Waals surface area contributed by atoms with Crippen LogP contribution in [0.2, 0.25) is 0 Å². The molecule has 0 radical (unpaired) electrons. The first kappa shape index (κ1) is 23.2. The SMILES string of the molecule is CCNC(=NCC1CC(=O)Nc2ccccc21)NCCCn1nc(C)cc1C.I.